The van der Waals surface area contributed by atoms with E-state index in [-0.39, 0.29) is 37.0 Å². The molecule has 0 saturated heterocycles. The van der Waals surface area contributed by atoms with Crippen molar-refractivity contribution in [3.63, 3.8) is 0 Å². The van der Waals surface area contributed by atoms with E-state index in [0.717, 1.165) is 4.90 Å². The monoisotopic (exact) mass is 255 g/mol. The van der Waals surface area contributed by atoms with Crippen molar-refractivity contribution in [3.05, 3.63) is 12.2 Å². The Hall–Kier alpha value is -1.53. The molecular formula is C12H17NO5. The van der Waals surface area contributed by atoms with Crippen molar-refractivity contribution in [1.82, 2.24) is 4.90 Å². The summed E-state index contributed by atoms with van der Waals surface area (Å²) in [6, 6.07) is 0. The minimum absolute atomic E-state index is 0.0279. The number of imide groups is 1. The topological polar surface area (TPSA) is 72.9 Å². The van der Waals surface area contributed by atoms with Crippen LogP contribution in [0.3, 0.4) is 0 Å². The zero-order valence-electron chi connectivity index (χ0n) is 10.4. The molecule has 6 nitrogen and oxygen atoms in total. The van der Waals surface area contributed by atoms with Crippen molar-refractivity contribution < 1.29 is 23.9 Å². The van der Waals surface area contributed by atoms with Crippen LogP contribution in [0.4, 0.5) is 0 Å². The lowest BCUT2D eigenvalue weighted by molar-refractivity contribution is -0.137. The maximum absolute atomic E-state index is 11.5. The van der Waals surface area contributed by atoms with Crippen LogP contribution in [-0.4, -0.2) is 56.0 Å². The molecule has 100 valence electrons. The number of carbonyl (C=O) groups is 3. The SMILES string of the molecule is COCCOCCC(=O)CCN1C(=O)C=CC1=O. The van der Waals surface area contributed by atoms with Gasteiger partial charge < -0.3 is 9.47 Å². The van der Waals surface area contributed by atoms with Crippen LogP contribution in [0, 0.1) is 0 Å². The quantitative estimate of drug-likeness (QED) is 0.426. The fourth-order valence-electron chi connectivity index (χ4n) is 1.44. The molecular weight excluding hydrogens is 238 g/mol. The second-order valence-electron chi connectivity index (χ2n) is 3.81. The van der Waals surface area contributed by atoms with E-state index >= 15 is 0 Å². The number of hydrogen-bond acceptors (Lipinski definition) is 5. The lowest BCUT2D eigenvalue weighted by atomic mass is 10.2. The van der Waals surface area contributed by atoms with Crippen molar-refractivity contribution in [1.29, 1.82) is 0 Å². The molecule has 1 heterocycles. The van der Waals surface area contributed by atoms with Gasteiger partial charge in [0.2, 0.25) is 0 Å². The molecule has 0 radical (unpaired) electrons. The normalized spacial score (nSPS) is 14.6. The van der Waals surface area contributed by atoms with Crippen LogP contribution in [0.1, 0.15) is 12.8 Å². The minimum Gasteiger partial charge on any atom is -0.382 e. The van der Waals surface area contributed by atoms with Crippen LogP contribution >= 0.6 is 0 Å². The molecule has 0 aromatic rings. The molecule has 0 spiro atoms. The van der Waals surface area contributed by atoms with E-state index < -0.39 is 0 Å². The predicted molar refractivity (Wildman–Crippen MR) is 62.8 cm³/mol. The Kier molecular flexibility index (Phi) is 6.24. The first kappa shape index (κ1) is 14.5. The second kappa shape index (κ2) is 7.73. The average Bonchev–Trinajstić information content (AvgIpc) is 2.66. The van der Waals surface area contributed by atoms with Crippen molar-refractivity contribution in [2.45, 2.75) is 12.8 Å². The Labute approximate surface area is 106 Å². The number of rotatable bonds is 9. The Morgan fingerprint density at radius 1 is 1.11 bits per heavy atom. The first-order valence-electron chi connectivity index (χ1n) is 5.77. The zero-order valence-corrected chi connectivity index (χ0v) is 10.4. The van der Waals surface area contributed by atoms with Gasteiger partial charge >= 0.3 is 0 Å². The average molecular weight is 255 g/mol. The highest BCUT2D eigenvalue weighted by molar-refractivity contribution is 6.13. The summed E-state index contributed by atoms with van der Waals surface area (Å²) in [4.78, 5) is 34.9. The van der Waals surface area contributed by atoms with Gasteiger partial charge in [0.15, 0.2) is 0 Å². The van der Waals surface area contributed by atoms with Crippen molar-refractivity contribution >= 4 is 17.6 Å². The first-order chi connectivity index (χ1) is 8.65. The largest absolute Gasteiger partial charge is 0.382 e. The van der Waals surface area contributed by atoms with Crippen LogP contribution in [0.5, 0.6) is 0 Å². The van der Waals surface area contributed by atoms with Gasteiger partial charge in [-0.1, -0.05) is 0 Å². The second-order valence-corrected chi connectivity index (χ2v) is 3.81. The lowest BCUT2D eigenvalue weighted by Gasteiger charge is -2.12. The fourth-order valence-corrected chi connectivity index (χ4v) is 1.44. The summed E-state index contributed by atoms with van der Waals surface area (Å²) in [6.07, 6.45) is 2.88. The third-order valence-corrected chi connectivity index (χ3v) is 2.47. The molecule has 0 saturated carbocycles. The van der Waals surface area contributed by atoms with Crippen LogP contribution in [0.15, 0.2) is 12.2 Å². The van der Waals surface area contributed by atoms with Gasteiger partial charge in [-0.05, 0) is 0 Å². The van der Waals surface area contributed by atoms with Gasteiger partial charge in [0.25, 0.3) is 11.8 Å². The molecule has 1 aliphatic rings. The summed E-state index contributed by atoms with van der Waals surface area (Å²) in [5, 5.41) is 0. The van der Waals surface area contributed by atoms with Crippen LogP contribution in [-0.2, 0) is 23.9 Å². The molecule has 0 unspecified atom stereocenters. The van der Waals surface area contributed by atoms with Gasteiger partial charge in [0.1, 0.15) is 5.78 Å². The molecule has 0 N–H and O–H groups in total. The Bertz CT molecular complexity index is 332. The van der Waals surface area contributed by atoms with Crippen LogP contribution in [0.2, 0.25) is 0 Å². The number of amides is 2. The Balaban J connectivity index is 2.10. The third kappa shape index (κ3) is 4.77. The van der Waals surface area contributed by atoms with E-state index in [1.54, 1.807) is 7.11 Å². The molecule has 1 rings (SSSR count). The molecule has 0 aromatic carbocycles. The van der Waals surface area contributed by atoms with E-state index in [1.807, 2.05) is 0 Å². The Morgan fingerprint density at radius 3 is 2.39 bits per heavy atom. The smallest absolute Gasteiger partial charge is 0.253 e. The molecule has 0 atom stereocenters. The minimum atomic E-state index is -0.357. The predicted octanol–water partition coefficient (Wildman–Crippen LogP) is -0.0763. The van der Waals surface area contributed by atoms with Crippen LogP contribution in [0.25, 0.3) is 0 Å². The number of hydrogen-bond donors (Lipinski definition) is 0. The van der Waals surface area contributed by atoms with E-state index in [9.17, 15) is 14.4 Å². The van der Waals surface area contributed by atoms with E-state index in [2.05, 4.69) is 0 Å². The van der Waals surface area contributed by atoms with Gasteiger partial charge in [-0.15, -0.1) is 0 Å². The van der Waals surface area contributed by atoms with Crippen LogP contribution < -0.4 is 0 Å². The maximum Gasteiger partial charge on any atom is 0.253 e. The molecule has 18 heavy (non-hydrogen) atoms. The molecule has 0 aliphatic carbocycles. The number of carbonyl (C=O) groups excluding carboxylic acids is 3. The van der Waals surface area contributed by atoms with E-state index in [4.69, 9.17) is 9.47 Å². The van der Waals surface area contributed by atoms with Crippen molar-refractivity contribution in [2.24, 2.45) is 0 Å². The first-order valence-corrected chi connectivity index (χ1v) is 5.77. The number of Topliss-reactive ketones (excluding diaryl/α,β-unsaturated/α-hetero) is 1. The Morgan fingerprint density at radius 2 is 1.78 bits per heavy atom. The molecule has 0 fully saturated rings. The van der Waals surface area contributed by atoms with Crippen molar-refractivity contribution in [3.8, 4) is 0 Å². The number of ether oxygens (including phenoxy) is 2. The van der Waals surface area contributed by atoms with Gasteiger partial charge in [-0.3, -0.25) is 19.3 Å². The fraction of sp³-hybridized carbons (Fsp3) is 0.583. The highest BCUT2D eigenvalue weighted by atomic mass is 16.5. The third-order valence-electron chi connectivity index (χ3n) is 2.47. The number of ketones is 1. The summed E-state index contributed by atoms with van der Waals surface area (Å²) >= 11 is 0. The standard InChI is InChI=1S/C12H17NO5/c1-17-8-9-18-7-5-10(14)4-6-13-11(15)2-3-12(13)16/h2-3H,4-9H2,1H3. The summed E-state index contributed by atoms with van der Waals surface area (Å²) in [5.74, 6) is -0.742. The summed E-state index contributed by atoms with van der Waals surface area (Å²) in [5.41, 5.74) is 0. The van der Waals surface area contributed by atoms with Gasteiger partial charge in [0.05, 0.1) is 19.8 Å². The maximum atomic E-state index is 11.5. The highest BCUT2D eigenvalue weighted by Crippen LogP contribution is 2.05. The zero-order chi connectivity index (χ0) is 13.4. The van der Waals surface area contributed by atoms with E-state index in [0.29, 0.717) is 19.8 Å². The highest BCUT2D eigenvalue weighted by Gasteiger charge is 2.23. The number of methoxy groups -OCH3 is 1. The van der Waals surface area contributed by atoms with Gasteiger partial charge in [0, 0.05) is 38.6 Å². The van der Waals surface area contributed by atoms with Crippen molar-refractivity contribution in [2.75, 3.05) is 33.5 Å². The molecule has 6 heteroatoms. The summed E-state index contributed by atoms with van der Waals surface area (Å²) in [7, 11) is 1.58. The molecule has 2 amide bonds. The lowest BCUT2D eigenvalue weighted by Crippen LogP contribution is -2.32. The van der Waals surface area contributed by atoms with E-state index in [1.165, 1.54) is 12.2 Å². The molecule has 1 aliphatic heterocycles. The van der Waals surface area contributed by atoms with Gasteiger partial charge in [-0.25, -0.2) is 0 Å². The summed E-state index contributed by atoms with van der Waals surface area (Å²) in [6.45, 7) is 1.43. The molecule has 0 bridgehead atoms. The van der Waals surface area contributed by atoms with Gasteiger partial charge in [-0.2, -0.15) is 0 Å². The molecule has 0 aromatic heterocycles. The summed E-state index contributed by atoms with van der Waals surface area (Å²) < 4.78 is 9.94. The number of nitrogens with zero attached hydrogens (tertiary/aromatic N) is 1.